The SMILES string of the molecule is CN1CC(=O)NC(=O)NC1=O. The van der Waals surface area contributed by atoms with Crippen LogP contribution >= 0.6 is 0 Å². The fourth-order valence-electron chi connectivity index (χ4n) is 0.677. The molecule has 0 spiro atoms. The van der Waals surface area contributed by atoms with E-state index in [-0.39, 0.29) is 6.54 Å². The van der Waals surface area contributed by atoms with Crippen molar-refractivity contribution in [1.82, 2.24) is 15.5 Å². The number of imide groups is 2. The van der Waals surface area contributed by atoms with Gasteiger partial charge in [0.25, 0.3) is 0 Å². The second-order valence-electron chi connectivity index (χ2n) is 2.16. The topological polar surface area (TPSA) is 78.5 Å². The molecule has 6 heteroatoms. The Balaban J connectivity index is 2.74. The zero-order valence-electron chi connectivity index (χ0n) is 5.88. The molecule has 0 aromatic rings. The summed E-state index contributed by atoms with van der Waals surface area (Å²) in [5.41, 5.74) is 0. The van der Waals surface area contributed by atoms with Crippen molar-refractivity contribution in [3.05, 3.63) is 0 Å². The van der Waals surface area contributed by atoms with Gasteiger partial charge in [0.1, 0.15) is 6.54 Å². The highest BCUT2D eigenvalue weighted by Crippen LogP contribution is 1.87. The van der Waals surface area contributed by atoms with Crippen molar-refractivity contribution in [2.24, 2.45) is 0 Å². The maximum Gasteiger partial charge on any atom is 0.329 e. The predicted molar refractivity (Wildman–Crippen MR) is 34.7 cm³/mol. The minimum absolute atomic E-state index is 0.0996. The molecule has 1 aliphatic heterocycles. The van der Waals surface area contributed by atoms with Crippen LogP contribution < -0.4 is 10.6 Å². The smallest absolute Gasteiger partial charge is 0.318 e. The minimum Gasteiger partial charge on any atom is -0.318 e. The Morgan fingerprint density at radius 2 is 1.91 bits per heavy atom. The summed E-state index contributed by atoms with van der Waals surface area (Å²) in [6, 6.07) is -1.35. The summed E-state index contributed by atoms with van der Waals surface area (Å²) in [4.78, 5) is 33.1. The van der Waals surface area contributed by atoms with Gasteiger partial charge in [-0.25, -0.2) is 9.59 Å². The van der Waals surface area contributed by atoms with Gasteiger partial charge in [0.2, 0.25) is 5.91 Å². The van der Waals surface area contributed by atoms with Gasteiger partial charge in [0.15, 0.2) is 0 Å². The van der Waals surface area contributed by atoms with Crippen molar-refractivity contribution in [1.29, 1.82) is 0 Å². The molecular weight excluding hydrogens is 150 g/mol. The average Bonchev–Trinajstić information content (AvgIpc) is 1.93. The van der Waals surface area contributed by atoms with E-state index in [2.05, 4.69) is 0 Å². The van der Waals surface area contributed by atoms with Gasteiger partial charge in [-0.3, -0.25) is 15.4 Å². The summed E-state index contributed by atoms with van der Waals surface area (Å²) in [6.07, 6.45) is 0. The lowest BCUT2D eigenvalue weighted by atomic mass is 10.5. The normalized spacial score (nSPS) is 19.0. The lowest BCUT2D eigenvalue weighted by Gasteiger charge is -2.09. The van der Waals surface area contributed by atoms with Gasteiger partial charge in [-0.1, -0.05) is 0 Å². The van der Waals surface area contributed by atoms with Crippen LogP contribution in [0.4, 0.5) is 9.59 Å². The van der Waals surface area contributed by atoms with Crippen molar-refractivity contribution in [3.63, 3.8) is 0 Å². The molecular formula is C5H7N3O3. The van der Waals surface area contributed by atoms with Gasteiger partial charge in [0, 0.05) is 7.05 Å². The van der Waals surface area contributed by atoms with E-state index < -0.39 is 18.0 Å². The number of rotatable bonds is 0. The van der Waals surface area contributed by atoms with Crippen LogP contribution in [0.3, 0.4) is 0 Å². The number of hydrogen-bond donors (Lipinski definition) is 2. The number of likely N-dealkylation sites (N-methyl/N-ethyl adjacent to an activating group) is 1. The van der Waals surface area contributed by atoms with E-state index in [1.807, 2.05) is 10.6 Å². The standard InChI is InChI=1S/C5H7N3O3/c1-8-2-3(9)6-4(10)7-5(8)11/h2H2,1H3,(H2,6,7,9,10,11). The molecule has 5 amide bonds. The molecule has 0 bridgehead atoms. The van der Waals surface area contributed by atoms with Crippen LogP contribution in [-0.2, 0) is 4.79 Å². The molecule has 0 aromatic heterocycles. The predicted octanol–water partition coefficient (Wildman–Crippen LogP) is -1.12. The first kappa shape index (κ1) is 7.52. The highest BCUT2D eigenvalue weighted by molar-refractivity contribution is 6.05. The molecule has 0 atom stereocenters. The lowest BCUT2D eigenvalue weighted by molar-refractivity contribution is -0.120. The van der Waals surface area contributed by atoms with Gasteiger partial charge in [-0.2, -0.15) is 0 Å². The lowest BCUT2D eigenvalue weighted by Crippen LogP contribution is -2.39. The van der Waals surface area contributed by atoms with Crippen molar-refractivity contribution in [2.75, 3.05) is 13.6 Å². The summed E-state index contributed by atoms with van der Waals surface area (Å²) >= 11 is 0. The maximum atomic E-state index is 10.8. The van der Waals surface area contributed by atoms with Crippen molar-refractivity contribution >= 4 is 18.0 Å². The van der Waals surface area contributed by atoms with E-state index >= 15 is 0 Å². The summed E-state index contributed by atoms with van der Waals surface area (Å²) in [6.45, 7) is -0.0996. The second-order valence-corrected chi connectivity index (χ2v) is 2.16. The Morgan fingerprint density at radius 1 is 1.27 bits per heavy atom. The number of amides is 5. The fourth-order valence-corrected chi connectivity index (χ4v) is 0.677. The van der Waals surface area contributed by atoms with Crippen molar-refractivity contribution in [3.8, 4) is 0 Å². The highest BCUT2D eigenvalue weighted by Gasteiger charge is 2.21. The van der Waals surface area contributed by atoms with E-state index in [4.69, 9.17) is 0 Å². The monoisotopic (exact) mass is 157 g/mol. The Kier molecular flexibility index (Phi) is 1.75. The van der Waals surface area contributed by atoms with E-state index in [0.29, 0.717) is 0 Å². The van der Waals surface area contributed by atoms with Crippen LogP contribution in [0.2, 0.25) is 0 Å². The van der Waals surface area contributed by atoms with E-state index in [1.165, 1.54) is 7.05 Å². The van der Waals surface area contributed by atoms with E-state index in [1.54, 1.807) is 0 Å². The zero-order chi connectivity index (χ0) is 8.43. The molecule has 11 heavy (non-hydrogen) atoms. The number of hydrogen-bond acceptors (Lipinski definition) is 3. The van der Waals surface area contributed by atoms with Crippen LogP contribution in [0.1, 0.15) is 0 Å². The number of nitrogens with one attached hydrogen (secondary N) is 2. The molecule has 1 heterocycles. The zero-order valence-corrected chi connectivity index (χ0v) is 5.88. The fraction of sp³-hybridized carbons (Fsp3) is 0.400. The number of carbonyl (C=O) groups is 3. The number of urea groups is 2. The van der Waals surface area contributed by atoms with Gasteiger partial charge in [-0.05, 0) is 0 Å². The Bertz CT molecular complexity index is 225. The van der Waals surface area contributed by atoms with E-state index in [9.17, 15) is 14.4 Å². The number of carbonyl (C=O) groups excluding carboxylic acids is 3. The molecule has 6 nitrogen and oxygen atoms in total. The van der Waals surface area contributed by atoms with Crippen LogP contribution in [0.5, 0.6) is 0 Å². The maximum absolute atomic E-state index is 10.8. The molecule has 2 N–H and O–H groups in total. The Labute approximate surface area is 62.5 Å². The third kappa shape index (κ3) is 1.66. The third-order valence-corrected chi connectivity index (χ3v) is 1.20. The van der Waals surface area contributed by atoms with Crippen molar-refractivity contribution in [2.45, 2.75) is 0 Å². The van der Waals surface area contributed by atoms with Gasteiger partial charge in [0.05, 0.1) is 0 Å². The Morgan fingerprint density at radius 3 is 2.55 bits per heavy atom. The highest BCUT2D eigenvalue weighted by atomic mass is 16.2. The first-order valence-corrected chi connectivity index (χ1v) is 2.95. The van der Waals surface area contributed by atoms with Crippen molar-refractivity contribution < 1.29 is 14.4 Å². The molecule has 1 fully saturated rings. The van der Waals surface area contributed by atoms with Gasteiger partial charge >= 0.3 is 12.1 Å². The summed E-state index contributed by atoms with van der Waals surface area (Å²) in [5, 5.41) is 3.89. The number of nitrogens with zero attached hydrogens (tertiary/aromatic N) is 1. The van der Waals surface area contributed by atoms with Crippen LogP contribution in [0.25, 0.3) is 0 Å². The summed E-state index contributed by atoms with van der Waals surface area (Å²) in [7, 11) is 1.42. The van der Waals surface area contributed by atoms with Crippen LogP contribution in [0, 0.1) is 0 Å². The molecule has 0 aliphatic carbocycles. The summed E-state index contributed by atoms with van der Waals surface area (Å²) < 4.78 is 0. The molecule has 0 radical (unpaired) electrons. The summed E-state index contributed by atoms with van der Waals surface area (Å²) in [5.74, 6) is -0.490. The molecule has 1 saturated heterocycles. The average molecular weight is 157 g/mol. The molecule has 0 aromatic carbocycles. The van der Waals surface area contributed by atoms with E-state index in [0.717, 1.165) is 4.90 Å². The Hall–Kier alpha value is -1.59. The van der Waals surface area contributed by atoms with Gasteiger partial charge < -0.3 is 4.90 Å². The minimum atomic E-state index is -0.774. The second kappa shape index (κ2) is 2.57. The van der Waals surface area contributed by atoms with Gasteiger partial charge in [-0.15, -0.1) is 0 Å². The molecule has 0 unspecified atom stereocenters. The quantitative estimate of drug-likeness (QED) is 0.467. The largest absolute Gasteiger partial charge is 0.329 e. The first-order valence-electron chi connectivity index (χ1n) is 2.95. The van der Waals surface area contributed by atoms with Crippen LogP contribution in [0.15, 0.2) is 0 Å². The molecule has 60 valence electrons. The molecule has 1 aliphatic rings. The van der Waals surface area contributed by atoms with Crippen LogP contribution in [-0.4, -0.2) is 36.5 Å². The molecule has 1 rings (SSSR count). The third-order valence-electron chi connectivity index (χ3n) is 1.20. The first-order chi connectivity index (χ1) is 5.09. The molecule has 0 saturated carbocycles.